The largest absolute Gasteiger partial charge is 0.359 e. The van der Waals surface area contributed by atoms with Gasteiger partial charge in [-0.15, -0.1) is 11.3 Å². The number of hydrogen-bond acceptors (Lipinski definition) is 4. The summed E-state index contributed by atoms with van der Waals surface area (Å²) in [4.78, 5) is 31.2. The van der Waals surface area contributed by atoms with E-state index in [-0.39, 0.29) is 17.9 Å². The van der Waals surface area contributed by atoms with Gasteiger partial charge in [0.05, 0.1) is 10.9 Å². The number of rotatable bonds is 5. The zero-order valence-corrected chi connectivity index (χ0v) is 14.0. The Morgan fingerprint density at radius 3 is 3.00 bits per heavy atom. The summed E-state index contributed by atoms with van der Waals surface area (Å²) in [5, 5.41) is 6.64. The average Bonchev–Trinajstić information content (AvgIpc) is 3.02. The maximum absolute atomic E-state index is 12.2. The molecule has 1 unspecified atom stereocenters. The summed E-state index contributed by atoms with van der Waals surface area (Å²) >= 11 is 1.70. The van der Waals surface area contributed by atoms with Crippen LogP contribution in [-0.2, 0) is 17.6 Å². The summed E-state index contributed by atoms with van der Waals surface area (Å²) in [6, 6.07) is -0.0825. The van der Waals surface area contributed by atoms with Crippen molar-refractivity contribution < 1.29 is 9.59 Å². The SMILES string of the molecule is CCc1cnc(CCNC(=O)N2CCCC(C(=O)NC)C2)s1. The summed E-state index contributed by atoms with van der Waals surface area (Å²) in [5.74, 6) is -0.0667. The summed E-state index contributed by atoms with van der Waals surface area (Å²) in [5.41, 5.74) is 0. The summed E-state index contributed by atoms with van der Waals surface area (Å²) in [7, 11) is 1.64. The molecule has 2 heterocycles. The highest BCUT2D eigenvalue weighted by Gasteiger charge is 2.27. The van der Waals surface area contributed by atoms with Crippen molar-refractivity contribution in [2.45, 2.75) is 32.6 Å². The molecule has 1 aliphatic heterocycles. The number of carbonyl (C=O) groups is 2. The molecule has 3 amide bonds. The molecule has 1 aliphatic rings. The van der Waals surface area contributed by atoms with Gasteiger partial charge in [-0.25, -0.2) is 9.78 Å². The van der Waals surface area contributed by atoms with Gasteiger partial charge in [0.1, 0.15) is 0 Å². The van der Waals surface area contributed by atoms with Gasteiger partial charge in [-0.1, -0.05) is 6.92 Å². The smallest absolute Gasteiger partial charge is 0.317 e. The van der Waals surface area contributed by atoms with Gasteiger partial charge in [-0.3, -0.25) is 4.79 Å². The maximum Gasteiger partial charge on any atom is 0.317 e. The minimum absolute atomic E-state index is 0.0207. The van der Waals surface area contributed by atoms with Crippen LogP contribution in [0.5, 0.6) is 0 Å². The third kappa shape index (κ3) is 4.43. The lowest BCUT2D eigenvalue weighted by Crippen LogP contribution is -2.48. The standard InChI is InChI=1S/C15H24N4O2S/c1-3-12-9-18-13(22-12)6-7-17-15(21)19-8-4-5-11(10-19)14(20)16-2/h9,11H,3-8,10H2,1-2H3,(H,16,20)(H,17,21). The van der Waals surface area contributed by atoms with Gasteiger partial charge in [0.25, 0.3) is 0 Å². The van der Waals surface area contributed by atoms with Crippen LogP contribution in [0, 0.1) is 5.92 Å². The number of urea groups is 1. The first-order valence-corrected chi connectivity index (χ1v) is 8.63. The fourth-order valence-corrected chi connectivity index (χ4v) is 3.46. The van der Waals surface area contributed by atoms with Crippen molar-refractivity contribution >= 4 is 23.3 Å². The van der Waals surface area contributed by atoms with E-state index in [9.17, 15) is 9.59 Å². The van der Waals surface area contributed by atoms with Crippen LogP contribution in [0.4, 0.5) is 4.79 Å². The molecule has 1 atom stereocenters. The van der Waals surface area contributed by atoms with E-state index in [1.807, 2.05) is 6.20 Å². The lowest BCUT2D eigenvalue weighted by molar-refractivity contribution is -0.125. The Morgan fingerprint density at radius 2 is 2.32 bits per heavy atom. The predicted octanol–water partition coefficient (Wildman–Crippen LogP) is 1.42. The van der Waals surface area contributed by atoms with Crippen molar-refractivity contribution in [3.63, 3.8) is 0 Å². The molecule has 1 saturated heterocycles. The Balaban J connectivity index is 1.75. The van der Waals surface area contributed by atoms with Crippen LogP contribution in [0.15, 0.2) is 6.20 Å². The molecule has 122 valence electrons. The van der Waals surface area contributed by atoms with Gasteiger partial charge in [-0.05, 0) is 19.3 Å². The van der Waals surface area contributed by atoms with Crippen LogP contribution in [0.2, 0.25) is 0 Å². The number of thiazole rings is 1. The van der Waals surface area contributed by atoms with Gasteiger partial charge >= 0.3 is 6.03 Å². The van der Waals surface area contributed by atoms with Crippen LogP contribution in [0.25, 0.3) is 0 Å². The quantitative estimate of drug-likeness (QED) is 0.860. The highest BCUT2D eigenvalue weighted by atomic mass is 32.1. The molecular formula is C15H24N4O2S. The van der Waals surface area contributed by atoms with E-state index in [0.29, 0.717) is 13.1 Å². The van der Waals surface area contributed by atoms with E-state index in [1.165, 1.54) is 4.88 Å². The molecule has 0 bridgehead atoms. The predicted molar refractivity (Wildman–Crippen MR) is 87.0 cm³/mol. The second-order valence-electron chi connectivity index (χ2n) is 5.46. The third-order valence-corrected chi connectivity index (χ3v) is 5.09. The van der Waals surface area contributed by atoms with Crippen LogP contribution in [0.1, 0.15) is 29.7 Å². The lowest BCUT2D eigenvalue weighted by Gasteiger charge is -2.31. The number of piperidine rings is 1. The van der Waals surface area contributed by atoms with Crippen molar-refractivity contribution in [2.24, 2.45) is 5.92 Å². The normalized spacial score (nSPS) is 18.1. The van der Waals surface area contributed by atoms with Gasteiger partial charge in [0, 0.05) is 44.2 Å². The van der Waals surface area contributed by atoms with Crippen molar-refractivity contribution in [3.05, 3.63) is 16.1 Å². The van der Waals surface area contributed by atoms with Crippen LogP contribution < -0.4 is 10.6 Å². The molecule has 7 heteroatoms. The summed E-state index contributed by atoms with van der Waals surface area (Å²) < 4.78 is 0. The molecule has 1 aromatic rings. The van der Waals surface area contributed by atoms with Crippen molar-refractivity contribution in [1.29, 1.82) is 0 Å². The highest BCUT2D eigenvalue weighted by Crippen LogP contribution is 2.17. The molecule has 2 rings (SSSR count). The monoisotopic (exact) mass is 324 g/mol. The Hall–Kier alpha value is -1.63. The van der Waals surface area contributed by atoms with Crippen LogP contribution in [0.3, 0.4) is 0 Å². The van der Waals surface area contributed by atoms with Crippen LogP contribution >= 0.6 is 11.3 Å². The first-order valence-electron chi connectivity index (χ1n) is 7.82. The molecule has 22 heavy (non-hydrogen) atoms. The molecule has 6 nitrogen and oxygen atoms in total. The second-order valence-corrected chi connectivity index (χ2v) is 6.65. The number of nitrogens with zero attached hydrogens (tertiary/aromatic N) is 2. The van der Waals surface area contributed by atoms with Crippen molar-refractivity contribution in [2.75, 3.05) is 26.7 Å². The number of amides is 3. The van der Waals surface area contributed by atoms with Crippen molar-refractivity contribution in [3.8, 4) is 0 Å². The van der Waals surface area contributed by atoms with Gasteiger partial charge < -0.3 is 15.5 Å². The minimum atomic E-state index is -0.0874. The van der Waals surface area contributed by atoms with E-state index >= 15 is 0 Å². The topological polar surface area (TPSA) is 74.3 Å². The molecule has 2 N–H and O–H groups in total. The highest BCUT2D eigenvalue weighted by molar-refractivity contribution is 7.11. The molecule has 1 aromatic heterocycles. The van der Waals surface area contributed by atoms with E-state index in [2.05, 4.69) is 22.5 Å². The average molecular weight is 324 g/mol. The number of hydrogen-bond donors (Lipinski definition) is 2. The second kappa shape index (κ2) is 8.12. The first-order chi connectivity index (χ1) is 10.6. The number of carbonyl (C=O) groups excluding carboxylic acids is 2. The number of nitrogens with one attached hydrogen (secondary N) is 2. The summed E-state index contributed by atoms with van der Waals surface area (Å²) in [6.45, 7) is 3.91. The molecule has 0 spiro atoms. The molecule has 0 radical (unpaired) electrons. The number of aryl methyl sites for hydroxylation is 1. The van der Waals surface area contributed by atoms with E-state index < -0.39 is 0 Å². The molecule has 1 fully saturated rings. The fraction of sp³-hybridized carbons (Fsp3) is 0.667. The zero-order chi connectivity index (χ0) is 15.9. The van der Waals surface area contributed by atoms with Gasteiger partial charge in [0.2, 0.25) is 5.91 Å². The molecule has 0 saturated carbocycles. The third-order valence-electron chi connectivity index (χ3n) is 3.89. The Labute approximate surface area is 135 Å². The lowest BCUT2D eigenvalue weighted by atomic mass is 9.97. The summed E-state index contributed by atoms with van der Waals surface area (Å²) in [6.07, 6.45) is 5.38. The zero-order valence-electron chi connectivity index (χ0n) is 13.2. The molecule has 0 aliphatic carbocycles. The Kier molecular flexibility index (Phi) is 6.18. The fourth-order valence-electron chi connectivity index (χ4n) is 2.59. The van der Waals surface area contributed by atoms with E-state index in [1.54, 1.807) is 23.3 Å². The maximum atomic E-state index is 12.2. The van der Waals surface area contributed by atoms with Crippen LogP contribution in [-0.4, -0.2) is 48.5 Å². The number of likely N-dealkylation sites (tertiary alicyclic amines) is 1. The molecule has 0 aromatic carbocycles. The van der Waals surface area contributed by atoms with Crippen molar-refractivity contribution in [1.82, 2.24) is 20.5 Å². The first kappa shape index (κ1) is 16.7. The Morgan fingerprint density at radius 1 is 1.50 bits per heavy atom. The minimum Gasteiger partial charge on any atom is -0.359 e. The Bertz CT molecular complexity index is 517. The molecular weight excluding hydrogens is 300 g/mol. The van der Waals surface area contributed by atoms with Gasteiger partial charge in [-0.2, -0.15) is 0 Å². The van der Waals surface area contributed by atoms with E-state index in [4.69, 9.17) is 0 Å². The van der Waals surface area contributed by atoms with E-state index in [0.717, 1.165) is 37.2 Å². The van der Waals surface area contributed by atoms with Gasteiger partial charge in [0.15, 0.2) is 0 Å². The number of aromatic nitrogens is 1.